The SMILES string of the molecule is COc1cc([C@@H](O)[C@H](CO)Oc2ccc(CCCO)cc2OC)ccc1O[C@@H]1O[C@@H](C)[C@H](O)[C@@H](O)[C@H]1O. The first-order valence-electron chi connectivity index (χ1n) is 12.0. The highest BCUT2D eigenvalue weighted by molar-refractivity contribution is 5.45. The molecule has 0 unspecified atom stereocenters. The molecule has 0 bridgehead atoms. The average Bonchev–Trinajstić information content (AvgIpc) is 2.92. The minimum atomic E-state index is -1.50. The van der Waals surface area contributed by atoms with Gasteiger partial charge in [-0.25, -0.2) is 0 Å². The zero-order valence-corrected chi connectivity index (χ0v) is 21.1. The number of benzene rings is 2. The van der Waals surface area contributed by atoms with Gasteiger partial charge in [-0.05, 0) is 55.2 Å². The molecule has 1 heterocycles. The van der Waals surface area contributed by atoms with Crippen molar-refractivity contribution in [1.82, 2.24) is 0 Å². The van der Waals surface area contributed by atoms with E-state index in [1.807, 2.05) is 6.07 Å². The second-order valence-corrected chi connectivity index (χ2v) is 8.81. The van der Waals surface area contributed by atoms with Crippen molar-refractivity contribution in [3.8, 4) is 23.0 Å². The molecule has 11 heteroatoms. The summed E-state index contributed by atoms with van der Waals surface area (Å²) < 4.78 is 27.8. The summed E-state index contributed by atoms with van der Waals surface area (Å²) in [5, 5.41) is 60.1. The number of hydrogen-bond acceptors (Lipinski definition) is 11. The summed E-state index contributed by atoms with van der Waals surface area (Å²) in [6, 6.07) is 9.79. The maximum absolute atomic E-state index is 11.0. The van der Waals surface area contributed by atoms with Crippen LogP contribution in [0.25, 0.3) is 0 Å². The number of ether oxygens (including phenoxy) is 5. The van der Waals surface area contributed by atoms with Gasteiger partial charge < -0.3 is 54.3 Å². The number of aliphatic hydroxyl groups is 6. The first-order valence-corrected chi connectivity index (χ1v) is 12.0. The second kappa shape index (κ2) is 13.2. The van der Waals surface area contributed by atoms with Crippen LogP contribution in [0.5, 0.6) is 23.0 Å². The van der Waals surface area contributed by atoms with Crippen molar-refractivity contribution < 1.29 is 54.3 Å². The first kappa shape index (κ1) is 28.9. The molecule has 0 aromatic heterocycles. The van der Waals surface area contributed by atoms with Crippen molar-refractivity contribution in [3.05, 3.63) is 47.5 Å². The molecule has 1 aliphatic heterocycles. The molecule has 0 spiro atoms. The van der Waals surface area contributed by atoms with Crippen LogP contribution in [0.4, 0.5) is 0 Å². The molecule has 0 saturated carbocycles. The van der Waals surface area contributed by atoms with Gasteiger partial charge in [-0.1, -0.05) is 12.1 Å². The van der Waals surface area contributed by atoms with Gasteiger partial charge in [0.25, 0.3) is 0 Å². The Kier molecular flexibility index (Phi) is 10.4. The van der Waals surface area contributed by atoms with E-state index in [1.165, 1.54) is 32.4 Å². The Balaban J connectivity index is 1.76. The average molecular weight is 525 g/mol. The normalized spacial score (nSPS) is 25.3. The number of aryl methyl sites for hydroxylation is 1. The van der Waals surface area contributed by atoms with Crippen LogP contribution in [0.15, 0.2) is 36.4 Å². The quantitative estimate of drug-likeness (QED) is 0.226. The van der Waals surface area contributed by atoms with E-state index < -0.39 is 49.5 Å². The summed E-state index contributed by atoms with van der Waals surface area (Å²) in [5.74, 6) is 1.12. The molecule has 1 saturated heterocycles. The van der Waals surface area contributed by atoms with Crippen LogP contribution in [0.3, 0.4) is 0 Å². The molecule has 6 N–H and O–H groups in total. The van der Waals surface area contributed by atoms with Gasteiger partial charge in [0.05, 0.1) is 26.9 Å². The van der Waals surface area contributed by atoms with Gasteiger partial charge in [-0.15, -0.1) is 0 Å². The fourth-order valence-electron chi connectivity index (χ4n) is 4.03. The van der Waals surface area contributed by atoms with E-state index in [-0.39, 0.29) is 18.1 Å². The van der Waals surface area contributed by atoms with E-state index in [1.54, 1.807) is 19.1 Å². The van der Waals surface area contributed by atoms with Crippen molar-refractivity contribution in [2.24, 2.45) is 0 Å². The summed E-state index contributed by atoms with van der Waals surface area (Å²) in [6.07, 6.45) is -7.30. The van der Waals surface area contributed by atoms with Crippen molar-refractivity contribution in [3.63, 3.8) is 0 Å². The first-order chi connectivity index (χ1) is 17.7. The number of hydrogen-bond donors (Lipinski definition) is 6. The van der Waals surface area contributed by atoms with Crippen molar-refractivity contribution in [2.75, 3.05) is 27.4 Å². The molecule has 2 aromatic carbocycles. The lowest BCUT2D eigenvalue weighted by atomic mass is 10.00. The highest BCUT2D eigenvalue weighted by atomic mass is 16.7. The fourth-order valence-corrected chi connectivity index (χ4v) is 4.03. The summed E-state index contributed by atoms with van der Waals surface area (Å²) in [7, 11) is 2.88. The molecule has 0 radical (unpaired) electrons. The van der Waals surface area contributed by atoms with Crippen LogP contribution < -0.4 is 18.9 Å². The summed E-state index contributed by atoms with van der Waals surface area (Å²) in [5.41, 5.74) is 1.30. The Morgan fingerprint density at radius 1 is 0.865 bits per heavy atom. The summed E-state index contributed by atoms with van der Waals surface area (Å²) >= 11 is 0. The van der Waals surface area contributed by atoms with Crippen LogP contribution in [-0.2, 0) is 11.2 Å². The maximum atomic E-state index is 11.0. The Labute approximate surface area is 215 Å². The summed E-state index contributed by atoms with van der Waals surface area (Å²) in [4.78, 5) is 0. The monoisotopic (exact) mass is 524 g/mol. The Bertz CT molecular complexity index is 1000. The molecule has 0 aliphatic carbocycles. The number of methoxy groups -OCH3 is 2. The lowest BCUT2D eigenvalue weighted by molar-refractivity contribution is -0.268. The predicted molar refractivity (Wildman–Crippen MR) is 131 cm³/mol. The maximum Gasteiger partial charge on any atom is 0.229 e. The van der Waals surface area contributed by atoms with E-state index >= 15 is 0 Å². The lowest BCUT2D eigenvalue weighted by Gasteiger charge is -2.39. The molecular formula is C26H36O11. The molecule has 1 fully saturated rings. The highest BCUT2D eigenvalue weighted by Gasteiger charge is 2.43. The third-order valence-corrected chi connectivity index (χ3v) is 6.24. The van der Waals surface area contributed by atoms with Crippen molar-refractivity contribution in [2.45, 2.75) is 62.7 Å². The number of aliphatic hydroxyl groups excluding tert-OH is 6. The lowest BCUT2D eigenvalue weighted by Crippen LogP contribution is -2.58. The van der Waals surface area contributed by atoms with Gasteiger partial charge in [0.2, 0.25) is 6.29 Å². The van der Waals surface area contributed by atoms with Crippen LogP contribution in [-0.4, -0.2) is 94.9 Å². The standard InChI is InChI=1S/C26H36O11/c1-14-22(29)24(31)25(32)26(35-14)37-18-9-7-16(12-20(18)34-3)23(30)21(13-28)36-17-8-6-15(5-4-10-27)11-19(17)33-2/h6-9,11-12,14,21-32H,4-5,10,13H2,1-3H3/t14-,21-,22-,23+,24+,25+,26-/m0/s1. The van der Waals surface area contributed by atoms with Gasteiger partial charge >= 0.3 is 0 Å². The third-order valence-electron chi connectivity index (χ3n) is 6.24. The van der Waals surface area contributed by atoms with Crippen LogP contribution in [0.1, 0.15) is 30.6 Å². The largest absolute Gasteiger partial charge is 0.493 e. The Morgan fingerprint density at radius 2 is 1.54 bits per heavy atom. The topological polar surface area (TPSA) is 168 Å². The summed E-state index contributed by atoms with van der Waals surface area (Å²) in [6.45, 7) is 1.11. The van der Waals surface area contributed by atoms with E-state index in [0.29, 0.717) is 29.9 Å². The third kappa shape index (κ3) is 6.82. The molecule has 2 aromatic rings. The van der Waals surface area contributed by atoms with E-state index in [2.05, 4.69) is 0 Å². The predicted octanol–water partition coefficient (Wildman–Crippen LogP) is 0.308. The smallest absolute Gasteiger partial charge is 0.229 e. The minimum absolute atomic E-state index is 0.0745. The molecule has 0 amide bonds. The van der Waals surface area contributed by atoms with Crippen LogP contribution in [0, 0.1) is 0 Å². The van der Waals surface area contributed by atoms with Crippen LogP contribution >= 0.6 is 0 Å². The molecular weight excluding hydrogens is 488 g/mol. The van der Waals surface area contributed by atoms with Gasteiger partial charge in [-0.3, -0.25) is 0 Å². The molecule has 37 heavy (non-hydrogen) atoms. The van der Waals surface area contributed by atoms with Crippen LogP contribution in [0.2, 0.25) is 0 Å². The zero-order chi connectivity index (χ0) is 27.1. The van der Waals surface area contributed by atoms with Gasteiger partial charge in [0, 0.05) is 6.61 Å². The van der Waals surface area contributed by atoms with Crippen molar-refractivity contribution in [1.29, 1.82) is 0 Å². The fraction of sp³-hybridized carbons (Fsp3) is 0.538. The Morgan fingerprint density at radius 3 is 2.19 bits per heavy atom. The van der Waals surface area contributed by atoms with E-state index in [9.17, 15) is 25.5 Å². The number of rotatable bonds is 12. The molecule has 11 nitrogen and oxygen atoms in total. The molecule has 3 rings (SSSR count). The van der Waals surface area contributed by atoms with Gasteiger partial charge in [0.1, 0.15) is 24.4 Å². The highest BCUT2D eigenvalue weighted by Crippen LogP contribution is 2.36. The van der Waals surface area contributed by atoms with E-state index in [0.717, 1.165) is 5.56 Å². The van der Waals surface area contributed by atoms with E-state index in [4.69, 9.17) is 28.8 Å². The Hall–Kier alpha value is -2.64. The van der Waals surface area contributed by atoms with Gasteiger partial charge in [-0.2, -0.15) is 0 Å². The second-order valence-electron chi connectivity index (χ2n) is 8.81. The molecule has 1 aliphatic rings. The zero-order valence-electron chi connectivity index (χ0n) is 21.1. The molecule has 7 atom stereocenters. The van der Waals surface area contributed by atoms with Gasteiger partial charge in [0.15, 0.2) is 29.1 Å². The van der Waals surface area contributed by atoms with Crippen molar-refractivity contribution >= 4 is 0 Å². The molecule has 206 valence electrons. The minimum Gasteiger partial charge on any atom is -0.493 e.